The molecule has 9 nitrogen and oxygen atoms in total. The molecule has 218 valence electrons. The van der Waals surface area contributed by atoms with E-state index < -0.39 is 10.0 Å². The Kier molecular flexibility index (Phi) is 8.82. The highest BCUT2D eigenvalue weighted by molar-refractivity contribution is 7.89. The Hall–Kier alpha value is -3.60. The summed E-state index contributed by atoms with van der Waals surface area (Å²) < 4.78 is 45.4. The molecule has 0 atom stereocenters. The zero-order valence-corrected chi connectivity index (χ0v) is 24.5. The van der Waals surface area contributed by atoms with E-state index in [1.807, 2.05) is 18.2 Å². The first-order chi connectivity index (χ1) is 19.8. The van der Waals surface area contributed by atoms with Crippen LogP contribution >= 0.6 is 0 Å². The van der Waals surface area contributed by atoms with E-state index in [-0.39, 0.29) is 22.9 Å². The van der Waals surface area contributed by atoms with E-state index in [1.165, 1.54) is 26.9 Å². The van der Waals surface area contributed by atoms with Crippen LogP contribution in [0.1, 0.15) is 41.6 Å². The van der Waals surface area contributed by atoms with Crippen molar-refractivity contribution in [3.8, 4) is 17.2 Å². The van der Waals surface area contributed by atoms with E-state index >= 15 is 0 Å². The van der Waals surface area contributed by atoms with E-state index in [0.29, 0.717) is 28.5 Å². The van der Waals surface area contributed by atoms with Crippen LogP contribution in [0.2, 0.25) is 0 Å². The van der Waals surface area contributed by atoms with Crippen LogP contribution in [0.5, 0.6) is 17.2 Å². The number of nitrogens with one attached hydrogen (secondary N) is 1. The SMILES string of the molecule is COc1cc(C(=O)Nc2ccc(S(=O)(=O)N(C3CC3)C3CCN(Cc4ccccc4)CC3)cc2)cc(OC)c1OC. The number of nitrogens with zero attached hydrogens (tertiary/aromatic N) is 2. The molecule has 0 spiro atoms. The number of carbonyl (C=O) groups excluding carboxylic acids is 1. The van der Waals surface area contributed by atoms with Crippen molar-refractivity contribution in [2.24, 2.45) is 0 Å². The Morgan fingerprint density at radius 3 is 1.98 bits per heavy atom. The van der Waals surface area contributed by atoms with Gasteiger partial charge in [0.15, 0.2) is 11.5 Å². The number of benzene rings is 3. The Labute approximate surface area is 242 Å². The Morgan fingerprint density at radius 2 is 1.44 bits per heavy atom. The highest BCUT2D eigenvalue weighted by atomic mass is 32.2. The lowest BCUT2D eigenvalue weighted by Crippen LogP contribution is -2.48. The summed E-state index contributed by atoms with van der Waals surface area (Å²) in [6.07, 6.45) is 3.41. The number of likely N-dealkylation sites (tertiary alicyclic amines) is 1. The second-order valence-corrected chi connectivity index (χ2v) is 12.3. The molecule has 1 aliphatic heterocycles. The number of sulfonamides is 1. The Balaban J connectivity index is 1.26. The lowest BCUT2D eigenvalue weighted by Gasteiger charge is -2.38. The highest BCUT2D eigenvalue weighted by Crippen LogP contribution is 2.39. The van der Waals surface area contributed by atoms with E-state index in [4.69, 9.17) is 14.2 Å². The second-order valence-electron chi connectivity index (χ2n) is 10.5. The number of rotatable bonds is 11. The molecular formula is C31H37N3O6S. The third-order valence-electron chi connectivity index (χ3n) is 7.69. The van der Waals surface area contributed by atoms with Crippen molar-refractivity contribution in [2.75, 3.05) is 39.7 Å². The molecule has 0 radical (unpaired) electrons. The summed E-state index contributed by atoms with van der Waals surface area (Å²) in [4.78, 5) is 15.6. The van der Waals surface area contributed by atoms with E-state index in [1.54, 1.807) is 40.7 Å². The maximum atomic E-state index is 13.8. The standard InChI is InChI=1S/C31H37N3O6S/c1-38-28-19-23(20-29(39-2)30(28)40-3)31(35)32-24-9-13-27(14-10-24)41(36,37)34(25-11-12-25)26-15-17-33(18-16-26)21-22-7-5-4-6-8-22/h4-10,13-14,19-20,25-26H,11-12,15-18,21H2,1-3H3,(H,32,35). The number of ether oxygens (including phenoxy) is 3. The van der Waals surface area contributed by atoms with Gasteiger partial charge in [0.1, 0.15) is 0 Å². The van der Waals surface area contributed by atoms with E-state index in [0.717, 1.165) is 45.3 Å². The predicted molar refractivity (Wildman–Crippen MR) is 157 cm³/mol. The van der Waals surface area contributed by atoms with Crippen LogP contribution in [-0.2, 0) is 16.6 Å². The number of amides is 1. The molecule has 1 aliphatic carbocycles. The first kappa shape index (κ1) is 28.9. The molecule has 1 N–H and O–H groups in total. The van der Waals surface area contributed by atoms with Crippen LogP contribution in [0.3, 0.4) is 0 Å². The Bertz CT molecular complexity index is 1430. The summed E-state index contributed by atoms with van der Waals surface area (Å²) in [6.45, 7) is 2.61. The smallest absolute Gasteiger partial charge is 0.255 e. The largest absolute Gasteiger partial charge is 0.493 e. The van der Waals surface area contributed by atoms with Crippen LogP contribution in [0.4, 0.5) is 5.69 Å². The van der Waals surface area contributed by atoms with Crippen molar-refractivity contribution in [1.82, 2.24) is 9.21 Å². The van der Waals surface area contributed by atoms with Gasteiger partial charge in [0.05, 0.1) is 26.2 Å². The molecule has 1 saturated heterocycles. The molecule has 0 unspecified atom stereocenters. The summed E-state index contributed by atoms with van der Waals surface area (Å²) in [7, 11) is 0.780. The van der Waals surface area contributed by atoms with Gasteiger partial charge in [-0.25, -0.2) is 8.42 Å². The lowest BCUT2D eigenvalue weighted by atomic mass is 10.0. The number of carbonyl (C=O) groups is 1. The first-order valence-corrected chi connectivity index (χ1v) is 15.3. The maximum absolute atomic E-state index is 13.8. The van der Waals surface area contributed by atoms with Crippen LogP contribution in [0.15, 0.2) is 71.6 Å². The second kappa shape index (κ2) is 12.5. The van der Waals surface area contributed by atoms with Gasteiger partial charge in [-0.05, 0) is 67.6 Å². The number of anilines is 1. The van der Waals surface area contributed by atoms with Crippen LogP contribution < -0.4 is 19.5 Å². The molecule has 1 saturated carbocycles. The minimum absolute atomic E-state index is 0.0149. The zero-order valence-electron chi connectivity index (χ0n) is 23.7. The molecule has 0 aromatic heterocycles. The number of methoxy groups -OCH3 is 3. The fourth-order valence-electron chi connectivity index (χ4n) is 5.44. The maximum Gasteiger partial charge on any atom is 0.255 e. The lowest BCUT2D eigenvalue weighted by molar-refractivity contribution is 0.102. The quantitative estimate of drug-likeness (QED) is 0.349. The molecule has 2 aliphatic rings. The third-order valence-corrected chi connectivity index (χ3v) is 9.71. The van der Waals surface area contributed by atoms with E-state index in [2.05, 4.69) is 22.3 Å². The molecular weight excluding hydrogens is 542 g/mol. The van der Waals surface area contributed by atoms with Gasteiger partial charge >= 0.3 is 0 Å². The average Bonchev–Trinajstić information content (AvgIpc) is 3.83. The number of piperidine rings is 1. The number of hydrogen-bond donors (Lipinski definition) is 1. The molecule has 3 aromatic rings. The van der Waals surface area contributed by atoms with Gasteiger partial charge in [-0.3, -0.25) is 9.69 Å². The Morgan fingerprint density at radius 1 is 0.854 bits per heavy atom. The summed E-state index contributed by atoms with van der Waals surface area (Å²) in [5.74, 6) is 0.735. The zero-order chi connectivity index (χ0) is 29.0. The number of hydrogen-bond acceptors (Lipinski definition) is 7. The summed E-state index contributed by atoms with van der Waals surface area (Å²) in [6, 6.07) is 19.9. The molecule has 5 rings (SSSR count). The van der Waals surface area contributed by atoms with Crippen molar-refractivity contribution in [2.45, 2.75) is 49.2 Å². The minimum Gasteiger partial charge on any atom is -0.493 e. The van der Waals surface area contributed by atoms with Crippen LogP contribution in [0, 0.1) is 0 Å². The van der Waals surface area contributed by atoms with Gasteiger partial charge in [0.25, 0.3) is 5.91 Å². The predicted octanol–water partition coefficient (Wildman–Crippen LogP) is 4.78. The molecule has 41 heavy (non-hydrogen) atoms. The summed E-state index contributed by atoms with van der Waals surface area (Å²) in [5.41, 5.74) is 2.07. The first-order valence-electron chi connectivity index (χ1n) is 13.8. The fraction of sp³-hybridized carbons (Fsp3) is 0.387. The molecule has 3 aromatic carbocycles. The van der Waals surface area contributed by atoms with Crippen LogP contribution in [-0.4, -0.2) is 70.0 Å². The van der Waals surface area contributed by atoms with Crippen LogP contribution in [0.25, 0.3) is 0 Å². The monoisotopic (exact) mass is 579 g/mol. The topological polar surface area (TPSA) is 97.4 Å². The van der Waals surface area contributed by atoms with Crippen molar-refractivity contribution in [3.05, 3.63) is 77.9 Å². The molecule has 1 heterocycles. The molecule has 0 bridgehead atoms. The normalized spacial score (nSPS) is 16.4. The minimum atomic E-state index is -3.68. The fourth-order valence-corrected chi connectivity index (χ4v) is 7.37. The van der Waals surface area contributed by atoms with Crippen molar-refractivity contribution in [3.63, 3.8) is 0 Å². The van der Waals surface area contributed by atoms with Gasteiger partial charge in [0.2, 0.25) is 15.8 Å². The van der Waals surface area contributed by atoms with Crippen molar-refractivity contribution >= 4 is 21.6 Å². The van der Waals surface area contributed by atoms with Gasteiger partial charge in [-0.2, -0.15) is 4.31 Å². The van der Waals surface area contributed by atoms with Gasteiger partial charge in [0, 0.05) is 43.0 Å². The highest BCUT2D eigenvalue weighted by Gasteiger charge is 2.43. The molecule has 10 heteroatoms. The van der Waals surface area contributed by atoms with Crippen molar-refractivity contribution in [1.29, 1.82) is 0 Å². The van der Waals surface area contributed by atoms with Gasteiger partial charge in [-0.1, -0.05) is 30.3 Å². The third kappa shape index (κ3) is 6.50. The summed E-state index contributed by atoms with van der Waals surface area (Å²) in [5, 5.41) is 2.82. The molecule has 1 amide bonds. The van der Waals surface area contributed by atoms with E-state index in [9.17, 15) is 13.2 Å². The van der Waals surface area contributed by atoms with Gasteiger partial charge in [-0.15, -0.1) is 0 Å². The van der Waals surface area contributed by atoms with Gasteiger partial charge < -0.3 is 19.5 Å². The van der Waals surface area contributed by atoms with Crippen molar-refractivity contribution < 1.29 is 27.4 Å². The summed E-state index contributed by atoms with van der Waals surface area (Å²) >= 11 is 0. The molecule has 2 fully saturated rings. The average molecular weight is 580 g/mol.